The Kier molecular flexibility index (Phi) is 6.79. The third kappa shape index (κ3) is 6.42. The lowest BCUT2D eigenvalue weighted by Gasteiger charge is -2.10. The first kappa shape index (κ1) is 21.5. The Hall–Kier alpha value is -1.75. The van der Waals surface area contributed by atoms with E-state index in [1.807, 2.05) is 0 Å². The molecule has 7 nitrogen and oxygen atoms in total. The summed E-state index contributed by atoms with van der Waals surface area (Å²) in [5, 5.41) is 0. The van der Waals surface area contributed by atoms with Gasteiger partial charge in [-0.05, 0) is 24.1 Å². The largest absolute Gasteiger partial charge is 0.241 e. The number of sulfone groups is 2. The monoisotopic (exact) mass is 431 g/mol. The van der Waals surface area contributed by atoms with E-state index in [9.17, 15) is 25.3 Å². The van der Waals surface area contributed by atoms with Crippen LogP contribution in [-0.2, 0) is 35.5 Å². The minimum atomic E-state index is -4.07. The van der Waals surface area contributed by atoms with Crippen LogP contribution in [0.4, 0.5) is 0 Å². The van der Waals surface area contributed by atoms with Gasteiger partial charge < -0.3 is 0 Å². The van der Waals surface area contributed by atoms with Crippen LogP contribution in [0, 0.1) is 0 Å². The highest BCUT2D eigenvalue weighted by Crippen LogP contribution is 2.20. The van der Waals surface area contributed by atoms with Gasteiger partial charge in [-0.3, -0.25) is 0 Å². The maximum atomic E-state index is 12.4. The van der Waals surface area contributed by atoms with Crippen molar-refractivity contribution >= 4 is 29.7 Å². The van der Waals surface area contributed by atoms with Gasteiger partial charge in [0.25, 0.3) is 0 Å². The lowest BCUT2D eigenvalue weighted by molar-refractivity contribution is 0.571. The average molecular weight is 432 g/mol. The second kappa shape index (κ2) is 8.51. The molecular formula is C17H21NO6S3. The molecule has 0 aromatic heterocycles. The quantitative estimate of drug-likeness (QED) is 0.600. The van der Waals surface area contributed by atoms with Gasteiger partial charge in [-0.25, -0.2) is 30.0 Å². The Morgan fingerprint density at radius 3 is 1.93 bits per heavy atom. The van der Waals surface area contributed by atoms with Crippen molar-refractivity contribution in [2.45, 2.75) is 22.0 Å². The van der Waals surface area contributed by atoms with E-state index in [1.54, 1.807) is 30.3 Å². The number of hydrogen-bond donors (Lipinski definition) is 1. The Labute approximate surface area is 160 Å². The molecule has 0 radical (unpaired) electrons. The molecule has 0 atom stereocenters. The minimum absolute atomic E-state index is 0.0788. The Bertz CT molecular complexity index is 1090. The number of rotatable bonds is 9. The molecule has 27 heavy (non-hydrogen) atoms. The highest BCUT2D eigenvalue weighted by atomic mass is 32.2. The molecule has 0 bridgehead atoms. The van der Waals surface area contributed by atoms with Crippen LogP contribution >= 0.6 is 0 Å². The molecule has 2 aromatic carbocycles. The molecule has 10 heteroatoms. The highest BCUT2D eigenvalue weighted by molar-refractivity contribution is 7.93. The first-order valence-corrected chi connectivity index (χ1v) is 13.2. The minimum Gasteiger partial charge on any atom is -0.228 e. The van der Waals surface area contributed by atoms with E-state index in [0.29, 0.717) is 5.56 Å². The fourth-order valence-corrected chi connectivity index (χ4v) is 6.59. The van der Waals surface area contributed by atoms with E-state index >= 15 is 0 Å². The van der Waals surface area contributed by atoms with Gasteiger partial charge in [0.05, 0.1) is 16.4 Å². The molecule has 0 heterocycles. The van der Waals surface area contributed by atoms with Crippen molar-refractivity contribution < 1.29 is 25.3 Å². The first-order valence-electron chi connectivity index (χ1n) is 8.04. The average Bonchev–Trinajstić information content (AvgIpc) is 2.59. The smallest absolute Gasteiger partial charge is 0.228 e. The van der Waals surface area contributed by atoms with Crippen molar-refractivity contribution in [3.05, 3.63) is 60.2 Å². The van der Waals surface area contributed by atoms with Crippen LogP contribution in [0.1, 0.15) is 12.0 Å². The summed E-state index contributed by atoms with van der Waals surface area (Å²) in [5.41, 5.74) is 0.667. The van der Waals surface area contributed by atoms with E-state index in [-0.39, 0.29) is 34.3 Å². The van der Waals surface area contributed by atoms with Crippen molar-refractivity contribution in [2.75, 3.05) is 18.6 Å². The number of nitrogens with one attached hydrogen (secondary N) is 1. The van der Waals surface area contributed by atoms with Crippen molar-refractivity contribution in [3.8, 4) is 0 Å². The summed E-state index contributed by atoms with van der Waals surface area (Å²) in [5.74, 6) is -0.296. The van der Waals surface area contributed by atoms with Crippen LogP contribution in [0.3, 0.4) is 0 Å². The fourth-order valence-electron chi connectivity index (χ4n) is 2.46. The zero-order valence-corrected chi connectivity index (χ0v) is 17.1. The molecule has 0 saturated heterocycles. The number of sulfonamides is 1. The molecule has 0 aliphatic heterocycles. The lowest BCUT2D eigenvalue weighted by Crippen LogP contribution is -2.27. The summed E-state index contributed by atoms with van der Waals surface area (Å²) >= 11 is 0. The van der Waals surface area contributed by atoms with E-state index < -0.39 is 29.7 Å². The molecule has 0 saturated carbocycles. The zero-order chi connectivity index (χ0) is 20.1. The van der Waals surface area contributed by atoms with Crippen molar-refractivity contribution in [2.24, 2.45) is 0 Å². The molecule has 0 aliphatic carbocycles. The molecule has 148 valence electrons. The van der Waals surface area contributed by atoms with Crippen LogP contribution in [0.15, 0.2) is 64.4 Å². The summed E-state index contributed by atoms with van der Waals surface area (Å²) in [6.07, 6.45) is 1.01. The molecule has 2 rings (SSSR count). The molecular weight excluding hydrogens is 410 g/mol. The molecule has 0 amide bonds. The number of hydrogen-bond acceptors (Lipinski definition) is 6. The van der Waals surface area contributed by atoms with Crippen LogP contribution in [0.25, 0.3) is 0 Å². The molecule has 0 spiro atoms. The lowest BCUT2D eigenvalue weighted by atomic mass is 10.2. The van der Waals surface area contributed by atoms with Crippen molar-refractivity contribution in [1.29, 1.82) is 0 Å². The van der Waals surface area contributed by atoms with Gasteiger partial charge in [-0.1, -0.05) is 42.5 Å². The maximum absolute atomic E-state index is 12.4. The van der Waals surface area contributed by atoms with Crippen LogP contribution in [0.2, 0.25) is 0 Å². The molecule has 0 unspecified atom stereocenters. The molecule has 2 aromatic rings. The molecule has 0 aliphatic rings. The normalized spacial score (nSPS) is 12.8. The van der Waals surface area contributed by atoms with Crippen LogP contribution < -0.4 is 4.72 Å². The summed E-state index contributed by atoms with van der Waals surface area (Å²) in [6.45, 7) is -0.117. The van der Waals surface area contributed by atoms with Gasteiger partial charge in [0.1, 0.15) is 4.90 Å². The molecule has 1 N–H and O–H groups in total. The fraction of sp³-hybridized carbons (Fsp3) is 0.294. The SMILES string of the molecule is CS(=O)(=O)c1ccccc1S(=O)(=O)NCCCS(=O)(=O)Cc1ccccc1. The van der Waals surface area contributed by atoms with E-state index in [4.69, 9.17) is 0 Å². The summed E-state index contributed by atoms with van der Waals surface area (Å²) in [6, 6.07) is 14.0. The van der Waals surface area contributed by atoms with Crippen molar-refractivity contribution in [1.82, 2.24) is 4.72 Å². The number of benzene rings is 2. The standard InChI is InChI=1S/C17H21NO6S3/c1-25(19,20)16-10-5-6-11-17(16)27(23,24)18-12-7-13-26(21,22)14-15-8-3-2-4-9-15/h2-6,8-11,18H,7,12-14H2,1H3. The zero-order valence-electron chi connectivity index (χ0n) is 14.7. The molecule has 0 fully saturated rings. The van der Waals surface area contributed by atoms with Gasteiger partial charge >= 0.3 is 0 Å². The Balaban J connectivity index is 1.99. The van der Waals surface area contributed by atoms with Crippen LogP contribution in [-0.4, -0.2) is 43.8 Å². The first-order chi connectivity index (χ1) is 12.5. The van der Waals surface area contributed by atoms with Gasteiger partial charge in [0.15, 0.2) is 19.7 Å². The summed E-state index contributed by atoms with van der Waals surface area (Å²) < 4.78 is 74.8. The van der Waals surface area contributed by atoms with E-state index in [2.05, 4.69) is 4.72 Å². The van der Waals surface area contributed by atoms with E-state index in [0.717, 1.165) is 6.26 Å². The third-order valence-corrected chi connectivity index (χ3v) is 8.18. The summed E-state index contributed by atoms with van der Waals surface area (Å²) in [4.78, 5) is -0.645. The van der Waals surface area contributed by atoms with Gasteiger partial charge in [0, 0.05) is 12.8 Å². The Morgan fingerprint density at radius 2 is 1.33 bits per heavy atom. The van der Waals surface area contributed by atoms with Gasteiger partial charge in [-0.15, -0.1) is 0 Å². The van der Waals surface area contributed by atoms with E-state index in [1.165, 1.54) is 24.3 Å². The predicted molar refractivity (Wildman–Crippen MR) is 103 cm³/mol. The maximum Gasteiger partial charge on any atom is 0.241 e. The third-order valence-electron chi connectivity index (χ3n) is 3.69. The van der Waals surface area contributed by atoms with Crippen molar-refractivity contribution in [3.63, 3.8) is 0 Å². The highest BCUT2D eigenvalue weighted by Gasteiger charge is 2.23. The van der Waals surface area contributed by atoms with Gasteiger partial charge in [0.2, 0.25) is 10.0 Å². The summed E-state index contributed by atoms with van der Waals surface area (Å²) in [7, 11) is -11.2. The predicted octanol–water partition coefficient (Wildman–Crippen LogP) is 1.37. The topological polar surface area (TPSA) is 114 Å². The van der Waals surface area contributed by atoms with Gasteiger partial charge in [-0.2, -0.15) is 0 Å². The van der Waals surface area contributed by atoms with Crippen LogP contribution in [0.5, 0.6) is 0 Å². The Morgan fingerprint density at radius 1 is 0.778 bits per heavy atom. The second-order valence-electron chi connectivity index (χ2n) is 6.05. The second-order valence-corrected chi connectivity index (χ2v) is 12.0.